The third-order valence-corrected chi connectivity index (χ3v) is 5.40. The summed E-state index contributed by atoms with van der Waals surface area (Å²) >= 11 is 0. The van der Waals surface area contributed by atoms with Gasteiger partial charge in [0.1, 0.15) is 6.54 Å². The number of hydrogen-bond acceptors (Lipinski definition) is 6. The first-order valence-electron chi connectivity index (χ1n) is 10.5. The molecule has 2 aromatic heterocycles. The Balaban J connectivity index is 1.81. The van der Waals surface area contributed by atoms with Crippen molar-refractivity contribution in [3.8, 4) is 17.2 Å². The molecule has 0 saturated carbocycles. The van der Waals surface area contributed by atoms with E-state index in [4.69, 9.17) is 9.47 Å². The number of para-hydroxylation sites is 1. The van der Waals surface area contributed by atoms with Crippen LogP contribution in [0, 0.1) is 13.8 Å². The van der Waals surface area contributed by atoms with Crippen LogP contribution in [-0.4, -0.2) is 34.2 Å². The molecule has 0 aliphatic rings. The van der Waals surface area contributed by atoms with Crippen molar-refractivity contribution in [3.05, 3.63) is 86.7 Å². The number of nitrogens with zero attached hydrogens (tertiary/aromatic N) is 3. The van der Waals surface area contributed by atoms with Gasteiger partial charge >= 0.3 is 5.69 Å². The molecule has 2 aromatic carbocycles. The Morgan fingerprint density at radius 1 is 0.971 bits per heavy atom. The van der Waals surface area contributed by atoms with Crippen molar-refractivity contribution in [2.45, 2.75) is 20.4 Å². The van der Waals surface area contributed by atoms with Gasteiger partial charge in [0.2, 0.25) is 5.91 Å². The average molecular weight is 460 g/mol. The van der Waals surface area contributed by atoms with Gasteiger partial charge in [0.25, 0.3) is 5.56 Å². The molecule has 0 aliphatic heterocycles. The fourth-order valence-corrected chi connectivity index (χ4v) is 3.88. The van der Waals surface area contributed by atoms with E-state index in [1.54, 1.807) is 62.4 Å². The average Bonchev–Trinajstić information content (AvgIpc) is 2.82. The fourth-order valence-electron chi connectivity index (χ4n) is 3.88. The van der Waals surface area contributed by atoms with E-state index >= 15 is 0 Å². The maximum atomic E-state index is 13.5. The van der Waals surface area contributed by atoms with Crippen molar-refractivity contribution < 1.29 is 14.3 Å². The molecule has 0 fully saturated rings. The van der Waals surface area contributed by atoms with E-state index in [0.29, 0.717) is 34.1 Å². The summed E-state index contributed by atoms with van der Waals surface area (Å²) in [7, 11) is 3.00. The molecule has 4 rings (SSSR count). The van der Waals surface area contributed by atoms with Crippen molar-refractivity contribution in [1.29, 1.82) is 0 Å². The highest BCUT2D eigenvalue weighted by molar-refractivity contribution is 5.91. The van der Waals surface area contributed by atoms with Crippen LogP contribution in [-0.2, 0) is 11.3 Å². The van der Waals surface area contributed by atoms with Gasteiger partial charge in [0.15, 0.2) is 17.1 Å². The number of hydrogen-bond donors (Lipinski definition) is 1. The minimum absolute atomic E-state index is 0.259. The molecule has 1 N–H and O–H groups in total. The maximum Gasteiger partial charge on any atom is 0.337 e. The number of carbonyl (C=O) groups is 1. The number of carbonyl (C=O) groups excluding carboxylic acids is 1. The molecule has 2 heterocycles. The third kappa shape index (κ3) is 4.15. The lowest BCUT2D eigenvalue weighted by Crippen LogP contribution is -2.42. The maximum absolute atomic E-state index is 13.5. The van der Waals surface area contributed by atoms with Crippen LogP contribution in [0.25, 0.3) is 16.7 Å². The number of methoxy groups -OCH3 is 2. The van der Waals surface area contributed by atoms with Crippen molar-refractivity contribution in [2.75, 3.05) is 19.5 Å². The molecule has 9 nitrogen and oxygen atoms in total. The van der Waals surface area contributed by atoms with Crippen LogP contribution < -0.4 is 26.0 Å². The van der Waals surface area contributed by atoms with Crippen LogP contribution in [0.3, 0.4) is 0 Å². The number of anilines is 1. The van der Waals surface area contributed by atoms with Crippen LogP contribution in [0.15, 0.2) is 64.2 Å². The summed E-state index contributed by atoms with van der Waals surface area (Å²) in [6.45, 7) is 3.11. The molecule has 0 saturated heterocycles. The van der Waals surface area contributed by atoms with Gasteiger partial charge in [-0.2, -0.15) is 0 Å². The Kier molecular flexibility index (Phi) is 6.18. The number of benzene rings is 2. The number of rotatable bonds is 6. The first kappa shape index (κ1) is 22.8. The van der Waals surface area contributed by atoms with Crippen LogP contribution in [0.5, 0.6) is 11.5 Å². The summed E-state index contributed by atoms with van der Waals surface area (Å²) in [4.78, 5) is 44.1. The van der Waals surface area contributed by atoms with Crippen molar-refractivity contribution in [1.82, 2.24) is 14.1 Å². The summed E-state index contributed by atoms with van der Waals surface area (Å²) in [5, 5.41) is 2.99. The molecule has 0 spiro atoms. The second-order valence-electron chi connectivity index (χ2n) is 7.74. The smallest absolute Gasteiger partial charge is 0.337 e. The standard InChI is InChI=1S/C25H24N4O5/c1-15-12-16(2)26-23-22(15)24(31)28(25(32)29(23)18-8-6-5-7-9-18)14-21(30)27-17-10-11-19(33-3)20(13-17)34-4/h5-13H,14H2,1-4H3,(H,27,30). The van der Waals surface area contributed by atoms with Gasteiger partial charge in [-0.15, -0.1) is 0 Å². The molecule has 0 unspecified atom stereocenters. The van der Waals surface area contributed by atoms with Gasteiger partial charge in [0, 0.05) is 17.4 Å². The number of aryl methyl sites for hydroxylation is 2. The topological polar surface area (TPSA) is 104 Å². The summed E-state index contributed by atoms with van der Waals surface area (Å²) in [5.74, 6) is 0.407. The van der Waals surface area contributed by atoms with Gasteiger partial charge in [-0.1, -0.05) is 18.2 Å². The lowest BCUT2D eigenvalue weighted by molar-refractivity contribution is -0.116. The van der Waals surface area contributed by atoms with Crippen LogP contribution in [0.4, 0.5) is 5.69 Å². The lowest BCUT2D eigenvalue weighted by Gasteiger charge is -2.15. The monoisotopic (exact) mass is 460 g/mol. The third-order valence-electron chi connectivity index (χ3n) is 5.40. The fraction of sp³-hybridized carbons (Fsp3) is 0.200. The molecule has 34 heavy (non-hydrogen) atoms. The zero-order chi connectivity index (χ0) is 24.4. The van der Waals surface area contributed by atoms with Crippen molar-refractivity contribution in [2.24, 2.45) is 0 Å². The van der Waals surface area contributed by atoms with E-state index in [0.717, 1.165) is 4.57 Å². The predicted molar refractivity (Wildman–Crippen MR) is 129 cm³/mol. The zero-order valence-electron chi connectivity index (χ0n) is 19.3. The van der Waals surface area contributed by atoms with Gasteiger partial charge < -0.3 is 14.8 Å². The summed E-state index contributed by atoms with van der Waals surface area (Å²) in [5.41, 5.74) is 1.37. The highest BCUT2D eigenvalue weighted by Crippen LogP contribution is 2.29. The van der Waals surface area contributed by atoms with E-state index in [2.05, 4.69) is 10.3 Å². The molecular formula is C25H24N4O5. The number of amides is 1. The normalized spacial score (nSPS) is 10.8. The highest BCUT2D eigenvalue weighted by atomic mass is 16.5. The minimum atomic E-state index is -0.649. The van der Waals surface area contributed by atoms with E-state index in [9.17, 15) is 14.4 Å². The Morgan fingerprint density at radius 3 is 2.35 bits per heavy atom. The molecule has 9 heteroatoms. The van der Waals surface area contributed by atoms with Crippen LogP contribution in [0.1, 0.15) is 11.3 Å². The summed E-state index contributed by atoms with van der Waals surface area (Å²) in [6.07, 6.45) is 0. The number of nitrogens with one attached hydrogen (secondary N) is 1. The Bertz CT molecular complexity index is 1510. The highest BCUT2D eigenvalue weighted by Gasteiger charge is 2.19. The molecule has 4 aromatic rings. The van der Waals surface area contributed by atoms with Gasteiger partial charge in [0.05, 0.1) is 25.3 Å². The lowest BCUT2D eigenvalue weighted by atomic mass is 10.1. The first-order valence-corrected chi connectivity index (χ1v) is 10.5. The molecule has 1 amide bonds. The summed E-state index contributed by atoms with van der Waals surface area (Å²) < 4.78 is 12.8. The Labute approximate surface area is 195 Å². The first-order chi connectivity index (χ1) is 16.3. The Hall–Kier alpha value is -4.40. The molecule has 0 bridgehead atoms. The van der Waals surface area contributed by atoms with E-state index < -0.39 is 23.7 Å². The largest absolute Gasteiger partial charge is 0.493 e. The minimum Gasteiger partial charge on any atom is -0.493 e. The molecule has 0 radical (unpaired) electrons. The Morgan fingerprint density at radius 2 is 1.68 bits per heavy atom. The zero-order valence-corrected chi connectivity index (χ0v) is 19.3. The van der Waals surface area contributed by atoms with E-state index in [1.165, 1.54) is 18.8 Å². The van der Waals surface area contributed by atoms with Crippen molar-refractivity contribution in [3.63, 3.8) is 0 Å². The predicted octanol–water partition coefficient (Wildman–Crippen LogP) is 2.82. The number of fused-ring (bicyclic) bond motifs is 1. The van der Waals surface area contributed by atoms with Crippen LogP contribution in [0.2, 0.25) is 0 Å². The second kappa shape index (κ2) is 9.22. The SMILES string of the molecule is COc1ccc(NC(=O)Cn2c(=O)c3c(C)cc(C)nc3n(-c3ccccc3)c2=O)cc1OC. The molecule has 0 aliphatic carbocycles. The van der Waals surface area contributed by atoms with Gasteiger partial charge in [-0.25, -0.2) is 18.9 Å². The van der Waals surface area contributed by atoms with E-state index in [-0.39, 0.29) is 11.0 Å². The molecule has 174 valence electrons. The number of ether oxygens (including phenoxy) is 2. The molecule has 0 atom stereocenters. The van der Waals surface area contributed by atoms with Crippen LogP contribution >= 0.6 is 0 Å². The quantitative estimate of drug-likeness (QED) is 0.475. The van der Waals surface area contributed by atoms with Crippen molar-refractivity contribution >= 4 is 22.6 Å². The number of pyridine rings is 1. The second-order valence-corrected chi connectivity index (χ2v) is 7.74. The molecular weight excluding hydrogens is 436 g/mol. The summed E-state index contributed by atoms with van der Waals surface area (Å²) in [6, 6.07) is 15.6. The van der Waals surface area contributed by atoms with Gasteiger partial charge in [-0.3, -0.25) is 9.59 Å². The number of aromatic nitrogens is 3. The van der Waals surface area contributed by atoms with Gasteiger partial charge in [-0.05, 0) is 49.7 Å². The van der Waals surface area contributed by atoms with E-state index in [1.807, 2.05) is 6.07 Å².